The van der Waals surface area contributed by atoms with Gasteiger partial charge in [0.1, 0.15) is 5.65 Å². The van der Waals surface area contributed by atoms with E-state index in [4.69, 9.17) is 0 Å². The van der Waals surface area contributed by atoms with Crippen molar-refractivity contribution >= 4 is 16.9 Å². The molecule has 0 saturated carbocycles. The summed E-state index contributed by atoms with van der Waals surface area (Å²) in [7, 11) is 2.42. The molecule has 0 N–H and O–H groups in total. The number of alkyl halides is 3. The van der Waals surface area contributed by atoms with Crippen LogP contribution in [0.5, 0.6) is 0 Å². The van der Waals surface area contributed by atoms with E-state index < -0.39 is 34.3 Å². The zero-order chi connectivity index (χ0) is 21.7. The number of amides is 1. The number of carbonyl (C=O) groups is 1. The zero-order valence-electron chi connectivity index (χ0n) is 16.7. The van der Waals surface area contributed by atoms with E-state index in [2.05, 4.69) is 4.98 Å². The van der Waals surface area contributed by atoms with E-state index in [0.29, 0.717) is 24.0 Å². The Labute approximate surface area is 164 Å². The van der Waals surface area contributed by atoms with Crippen molar-refractivity contribution in [2.24, 2.45) is 20.0 Å². The molecule has 1 aliphatic heterocycles. The van der Waals surface area contributed by atoms with E-state index >= 15 is 0 Å². The van der Waals surface area contributed by atoms with Gasteiger partial charge < -0.3 is 4.90 Å². The largest absolute Gasteiger partial charge is 0.417 e. The van der Waals surface area contributed by atoms with Crippen molar-refractivity contribution in [2.45, 2.75) is 38.8 Å². The van der Waals surface area contributed by atoms with Crippen molar-refractivity contribution in [3.05, 3.63) is 38.2 Å². The Kier molecular flexibility index (Phi) is 5.31. The third-order valence-corrected chi connectivity index (χ3v) is 5.38. The monoisotopic (exact) mass is 412 g/mol. The van der Waals surface area contributed by atoms with Crippen molar-refractivity contribution in [1.29, 1.82) is 0 Å². The number of piperidine rings is 1. The van der Waals surface area contributed by atoms with Crippen molar-refractivity contribution in [3.63, 3.8) is 0 Å². The van der Waals surface area contributed by atoms with Gasteiger partial charge in [-0.3, -0.25) is 18.7 Å². The Morgan fingerprint density at radius 3 is 2.45 bits per heavy atom. The number of pyridine rings is 1. The first-order valence-electron chi connectivity index (χ1n) is 9.40. The molecule has 0 unspecified atom stereocenters. The molecule has 1 atom stereocenters. The Bertz CT molecular complexity index is 1090. The van der Waals surface area contributed by atoms with Crippen LogP contribution in [0.4, 0.5) is 13.2 Å². The minimum absolute atomic E-state index is 0.0622. The summed E-state index contributed by atoms with van der Waals surface area (Å²) in [5, 5.41) is -0.628. The first kappa shape index (κ1) is 21.1. The minimum atomic E-state index is -4.79. The van der Waals surface area contributed by atoms with Crippen LogP contribution in [0.15, 0.2) is 15.7 Å². The molecule has 3 rings (SSSR count). The van der Waals surface area contributed by atoms with Crippen LogP contribution in [0.25, 0.3) is 11.0 Å². The fourth-order valence-electron chi connectivity index (χ4n) is 3.79. The predicted octanol–water partition coefficient (Wildman–Crippen LogP) is 2.01. The van der Waals surface area contributed by atoms with Crippen LogP contribution in [0.2, 0.25) is 0 Å². The topological polar surface area (TPSA) is 77.2 Å². The maximum absolute atomic E-state index is 13.8. The maximum Gasteiger partial charge on any atom is 0.417 e. The lowest BCUT2D eigenvalue weighted by molar-refractivity contribution is -0.137. The molecule has 0 aliphatic carbocycles. The quantitative estimate of drug-likeness (QED) is 0.756. The van der Waals surface area contributed by atoms with Crippen LogP contribution in [0, 0.1) is 5.92 Å². The van der Waals surface area contributed by atoms with Crippen LogP contribution in [0.3, 0.4) is 0 Å². The fourth-order valence-corrected chi connectivity index (χ4v) is 3.79. The number of halogens is 3. The summed E-state index contributed by atoms with van der Waals surface area (Å²) < 4.78 is 43.0. The second-order valence-corrected chi connectivity index (χ2v) is 7.77. The average Bonchev–Trinajstić information content (AvgIpc) is 2.68. The van der Waals surface area contributed by atoms with E-state index in [0.717, 1.165) is 17.7 Å². The van der Waals surface area contributed by atoms with Crippen LogP contribution in [-0.4, -0.2) is 38.0 Å². The summed E-state index contributed by atoms with van der Waals surface area (Å²) in [6.45, 7) is 4.35. The number of fused-ring (bicyclic) bond motifs is 1. The first-order valence-corrected chi connectivity index (χ1v) is 9.40. The molecule has 1 saturated heterocycles. The molecule has 158 valence electrons. The van der Waals surface area contributed by atoms with Gasteiger partial charge in [-0.05, 0) is 18.9 Å². The second-order valence-electron chi connectivity index (χ2n) is 7.77. The molecule has 1 amide bonds. The molecule has 1 aliphatic rings. The summed E-state index contributed by atoms with van der Waals surface area (Å²) in [6, 6.07) is 0.891. The van der Waals surface area contributed by atoms with Gasteiger partial charge in [-0.2, -0.15) is 13.2 Å². The van der Waals surface area contributed by atoms with Gasteiger partial charge in [-0.1, -0.05) is 13.8 Å². The van der Waals surface area contributed by atoms with E-state index in [-0.39, 0.29) is 29.7 Å². The molecule has 0 radical (unpaired) electrons. The molecule has 2 aromatic rings. The minimum Gasteiger partial charge on any atom is -0.342 e. The van der Waals surface area contributed by atoms with E-state index in [9.17, 15) is 27.6 Å². The SMILES string of the molecule is CC(C)C(=O)N1CCC[C@@H](c2cc(C(F)(F)F)c3c(=O)n(C)c(=O)n(C)c3n2)C1. The van der Waals surface area contributed by atoms with E-state index in [1.165, 1.54) is 7.05 Å². The van der Waals surface area contributed by atoms with E-state index in [1.807, 2.05) is 0 Å². The highest BCUT2D eigenvalue weighted by atomic mass is 19.4. The zero-order valence-corrected chi connectivity index (χ0v) is 16.7. The van der Waals surface area contributed by atoms with Crippen LogP contribution >= 0.6 is 0 Å². The number of aromatic nitrogens is 3. The summed E-state index contributed by atoms with van der Waals surface area (Å²) >= 11 is 0. The summed E-state index contributed by atoms with van der Waals surface area (Å²) in [5.74, 6) is -0.684. The van der Waals surface area contributed by atoms with Gasteiger partial charge in [0.15, 0.2) is 0 Å². The Morgan fingerprint density at radius 1 is 1.21 bits per heavy atom. The lowest BCUT2D eigenvalue weighted by Gasteiger charge is -2.34. The van der Waals surface area contributed by atoms with Crippen LogP contribution in [-0.2, 0) is 25.1 Å². The highest BCUT2D eigenvalue weighted by Crippen LogP contribution is 2.36. The van der Waals surface area contributed by atoms with Gasteiger partial charge >= 0.3 is 11.9 Å². The van der Waals surface area contributed by atoms with Gasteiger partial charge in [-0.15, -0.1) is 0 Å². The molecule has 7 nitrogen and oxygen atoms in total. The number of hydrogen-bond acceptors (Lipinski definition) is 4. The lowest BCUT2D eigenvalue weighted by Crippen LogP contribution is -2.42. The number of hydrogen-bond donors (Lipinski definition) is 0. The number of carbonyl (C=O) groups excluding carboxylic acids is 1. The average molecular weight is 412 g/mol. The molecule has 10 heteroatoms. The third kappa shape index (κ3) is 3.67. The number of rotatable bonds is 2. The molecule has 3 heterocycles. The molecular formula is C19H23F3N4O3. The Hall–Kier alpha value is -2.65. The Morgan fingerprint density at radius 2 is 1.86 bits per heavy atom. The van der Waals surface area contributed by atoms with Gasteiger partial charge in [0.05, 0.1) is 10.9 Å². The van der Waals surface area contributed by atoms with Crippen LogP contribution < -0.4 is 11.2 Å². The van der Waals surface area contributed by atoms with E-state index in [1.54, 1.807) is 18.7 Å². The standard InChI is InChI=1S/C19H23F3N4O3/c1-10(2)16(27)26-7-5-6-11(9-26)13-8-12(19(20,21)22)14-15(23-13)24(3)18(29)25(4)17(14)28/h8,10-11H,5-7,9H2,1-4H3/t11-/m1/s1. The molecule has 1 fully saturated rings. The molecule has 0 bridgehead atoms. The third-order valence-electron chi connectivity index (χ3n) is 5.38. The first-order chi connectivity index (χ1) is 13.4. The second kappa shape index (κ2) is 7.31. The molecular weight excluding hydrogens is 389 g/mol. The lowest BCUT2D eigenvalue weighted by atomic mass is 9.92. The molecule has 0 aromatic carbocycles. The molecule has 29 heavy (non-hydrogen) atoms. The fraction of sp³-hybridized carbons (Fsp3) is 0.579. The highest BCUT2D eigenvalue weighted by molar-refractivity contribution is 5.80. The summed E-state index contributed by atoms with van der Waals surface area (Å²) in [5.41, 5.74) is -3.05. The van der Waals surface area contributed by atoms with Crippen molar-refractivity contribution < 1.29 is 18.0 Å². The van der Waals surface area contributed by atoms with Crippen LogP contribution in [0.1, 0.15) is 43.9 Å². The summed E-state index contributed by atoms with van der Waals surface area (Å²) in [4.78, 5) is 42.9. The van der Waals surface area contributed by atoms with Crippen molar-refractivity contribution in [3.8, 4) is 0 Å². The highest BCUT2D eigenvalue weighted by Gasteiger charge is 2.37. The molecule has 2 aromatic heterocycles. The Balaban J connectivity index is 2.21. The maximum atomic E-state index is 13.8. The number of nitrogens with zero attached hydrogens (tertiary/aromatic N) is 4. The molecule has 0 spiro atoms. The van der Waals surface area contributed by atoms with Gasteiger partial charge in [0.25, 0.3) is 5.56 Å². The number of aryl methyl sites for hydroxylation is 1. The van der Waals surface area contributed by atoms with Gasteiger partial charge in [-0.25, -0.2) is 9.78 Å². The predicted molar refractivity (Wildman–Crippen MR) is 101 cm³/mol. The smallest absolute Gasteiger partial charge is 0.342 e. The van der Waals surface area contributed by atoms with Gasteiger partial charge in [0, 0.05) is 44.7 Å². The summed E-state index contributed by atoms with van der Waals surface area (Å²) in [6.07, 6.45) is -3.59. The van der Waals surface area contributed by atoms with Gasteiger partial charge in [0.2, 0.25) is 5.91 Å². The van der Waals surface area contributed by atoms with Crippen molar-refractivity contribution in [2.75, 3.05) is 13.1 Å². The number of likely N-dealkylation sites (tertiary alicyclic amines) is 1. The normalized spacial score (nSPS) is 17.9. The van der Waals surface area contributed by atoms with Crippen molar-refractivity contribution in [1.82, 2.24) is 19.0 Å².